The van der Waals surface area contributed by atoms with Crippen molar-refractivity contribution in [2.45, 2.75) is 45.1 Å². The van der Waals surface area contributed by atoms with Gasteiger partial charge in [0.2, 0.25) is 5.91 Å². The summed E-state index contributed by atoms with van der Waals surface area (Å²) in [7, 11) is 0. The summed E-state index contributed by atoms with van der Waals surface area (Å²) < 4.78 is 0. The summed E-state index contributed by atoms with van der Waals surface area (Å²) in [5.41, 5.74) is 5.72. The number of amides is 1. The van der Waals surface area contributed by atoms with Gasteiger partial charge in [-0.1, -0.05) is 25.6 Å². The second kappa shape index (κ2) is 6.66. The second-order valence-electron chi connectivity index (χ2n) is 5.71. The Morgan fingerprint density at radius 3 is 2.63 bits per heavy atom. The van der Waals surface area contributed by atoms with Gasteiger partial charge in [0.1, 0.15) is 0 Å². The lowest BCUT2D eigenvalue weighted by Crippen LogP contribution is -2.42. The van der Waals surface area contributed by atoms with Crippen LogP contribution in [0.3, 0.4) is 0 Å². The van der Waals surface area contributed by atoms with Crippen molar-refractivity contribution < 1.29 is 4.79 Å². The number of carbonyl (C=O) groups is 1. The van der Waals surface area contributed by atoms with Crippen LogP contribution in [-0.4, -0.2) is 52.9 Å². The Labute approximate surface area is 121 Å². The van der Waals surface area contributed by atoms with Crippen LogP contribution in [0, 0.1) is 5.92 Å². The second-order valence-corrected chi connectivity index (χ2v) is 6.18. The van der Waals surface area contributed by atoms with Crippen LogP contribution in [0.4, 0.5) is 0 Å². The number of likely N-dealkylation sites (tertiary alicyclic amines) is 2. The minimum absolute atomic E-state index is 0.149. The highest BCUT2D eigenvalue weighted by Gasteiger charge is 2.34. The van der Waals surface area contributed by atoms with Gasteiger partial charge in [-0.2, -0.15) is 0 Å². The molecule has 5 heteroatoms. The minimum atomic E-state index is -0.252. The average Bonchev–Trinajstić information content (AvgIpc) is 3.03. The average molecular weight is 283 g/mol. The van der Waals surface area contributed by atoms with Crippen LogP contribution in [0.25, 0.3) is 0 Å². The van der Waals surface area contributed by atoms with Gasteiger partial charge in [0.15, 0.2) is 0 Å². The molecule has 0 aromatic heterocycles. The highest BCUT2D eigenvalue weighted by molar-refractivity contribution is 7.80. The topological polar surface area (TPSA) is 49.6 Å². The first-order chi connectivity index (χ1) is 9.13. The smallest absolute Gasteiger partial charge is 0.232 e. The molecule has 0 bridgehead atoms. The molecule has 19 heavy (non-hydrogen) atoms. The van der Waals surface area contributed by atoms with Crippen LogP contribution in [0.15, 0.2) is 0 Å². The van der Waals surface area contributed by atoms with Crippen LogP contribution in [0.5, 0.6) is 0 Å². The molecule has 0 aromatic carbocycles. The zero-order valence-electron chi connectivity index (χ0n) is 11.8. The Bertz CT molecular complexity index is 342. The largest absolute Gasteiger partial charge is 0.393 e. The van der Waals surface area contributed by atoms with Gasteiger partial charge in [0, 0.05) is 19.1 Å². The lowest BCUT2D eigenvalue weighted by Gasteiger charge is -2.25. The van der Waals surface area contributed by atoms with Crippen LogP contribution in [0.2, 0.25) is 0 Å². The highest BCUT2D eigenvalue weighted by atomic mass is 32.1. The number of hydrogen-bond donors (Lipinski definition) is 1. The molecular weight excluding hydrogens is 258 g/mol. The molecule has 4 nitrogen and oxygen atoms in total. The van der Waals surface area contributed by atoms with E-state index in [1.54, 1.807) is 0 Å². The molecule has 0 aromatic rings. The lowest BCUT2D eigenvalue weighted by atomic mass is 10.0. The number of nitrogens with two attached hydrogens (primary N) is 1. The number of rotatable bonds is 5. The van der Waals surface area contributed by atoms with Crippen molar-refractivity contribution in [1.82, 2.24) is 9.80 Å². The van der Waals surface area contributed by atoms with E-state index in [1.807, 2.05) is 4.90 Å². The van der Waals surface area contributed by atoms with E-state index in [1.165, 1.54) is 25.9 Å². The number of thiocarbonyl (C=S) groups is 1. The van der Waals surface area contributed by atoms with E-state index in [0.717, 1.165) is 32.4 Å². The van der Waals surface area contributed by atoms with Gasteiger partial charge in [-0.15, -0.1) is 0 Å². The molecule has 2 atom stereocenters. The molecule has 0 saturated carbocycles. The van der Waals surface area contributed by atoms with E-state index in [2.05, 4.69) is 11.8 Å². The predicted octanol–water partition coefficient (Wildman–Crippen LogP) is 1.39. The molecule has 2 fully saturated rings. The summed E-state index contributed by atoms with van der Waals surface area (Å²) >= 11 is 5.05. The summed E-state index contributed by atoms with van der Waals surface area (Å²) in [6.45, 7) is 6.18. The lowest BCUT2D eigenvalue weighted by molar-refractivity contribution is -0.132. The molecule has 2 aliphatic heterocycles. The molecule has 2 saturated heterocycles. The molecule has 0 aliphatic carbocycles. The van der Waals surface area contributed by atoms with Crippen molar-refractivity contribution in [2.24, 2.45) is 11.7 Å². The van der Waals surface area contributed by atoms with E-state index in [0.29, 0.717) is 11.0 Å². The van der Waals surface area contributed by atoms with Crippen molar-refractivity contribution >= 4 is 23.1 Å². The minimum Gasteiger partial charge on any atom is -0.393 e. The number of nitrogens with zero attached hydrogens (tertiary/aromatic N) is 2. The van der Waals surface area contributed by atoms with Crippen molar-refractivity contribution in [3.05, 3.63) is 0 Å². The Hall–Kier alpha value is -0.680. The van der Waals surface area contributed by atoms with Crippen LogP contribution < -0.4 is 5.73 Å². The standard InChI is InChI=1S/C14H25N3OS/c1-2-5-12(13(15)19)14(18)17-9-6-11(10-17)16-7-3-4-8-16/h11-12H,2-10H2,1H3,(H2,15,19). The van der Waals surface area contributed by atoms with E-state index < -0.39 is 0 Å². The van der Waals surface area contributed by atoms with Gasteiger partial charge in [0.05, 0.1) is 10.9 Å². The Balaban J connectivity index is 1.91. The van der Waals surface area contributed by atoms with Gasteiger partial charge in [-0.25, -0.2) is 0 Å². The third kappa shape index (κ3) is 3.45. The van der Waals surface area contributed by atoms with Gasteiger partial charge < -0.3 is 10.6 Å². The summed E-state index contributed by atoms with van der Waals surface area (Å²) in [5.74, 6) is -0.103. The van der Waals surface area contributed by atoms with Gasteiger partial charge >= 0.3 is 0 Å². The molecule has 2 N–H and O–H groups in total. The maximum absolute atomic E-state index is 12.5. The zero-order valence-corrected chi connectivity index (χ0v) is 12.6. The molecule has 2 rings (SSSR count). The van der Waals surface area contributed by atoms with Crippen molar-refractivity contribution in [3.8, 4) is 0 Å². The predicted molar refractivity (Wildman–Crippen MR) is 81.0 cm³/mol. The third-order valence-corrected chi connectivity index (χ3v) is 4.64. The fourth-order valence-corrected chi connectivity index (χ4v) is 3.46. The fraction of sp³-hybridized carbons (Fsp3) is 0.857. The Morgan fingerprint density at radius 2 is 2.05 bits per heavy atom. The van der Waals surface area contributed by atoms with Crippen LogP contribution in [-0.2, 0) is 4.79 Å². The monoisotopic (exact) mass is 283 g/mol. The number of hydrogen-bond acceptors (Lipinski definition) is 3. The maximum Gasteiger partial charge on any atom is 0.232 e. The molecule has 2 unspecified atom stereocenters. The van der Waals surface area contributed by atoms with E-state index in [-0.39, 0.29) is 11.8 Å². The van der Waals surface area contributed by atoms with Gasteiger partial charge in [-0.05, 0) is 38.8 Å². The first kappa shape index (κ1) is 14.7. The molecule has 0 radical (unpaired) electrons. The summed E-state index contributed by atoms with van der Waals surface area (Å²) in [5, 5.41) is 0. The van der Waals surface area contributed by atoms with E-state index in [9.17, 15) is 4.79 Å². The molecule has 2 heterocycles. The first-order valence-electron chi connectivity index (χ1n) is 7.45. The Morgan fingerprint density at radius 1 is 1.37 bits per heavy atom. The zero-order chi connectivity index (χ0) is 13.8. The Kier molecular flexibility index (Phi) is 5.16. The third-order valence-electron chi connectivity index (χ3n) is 4.35. The van der Waals surface area contributed by atoms with Crippen molar-refractivity contribution in [1.29, 1.82) is 0 Å². The van der Waals surface area contributed by atoms with Gasteiger partial charge in [0.25, 0.3) is 0 Å². The van der Waals surface area contributed by atoms with Crippen LogP contribution in [0.1, 0.15) is 39.0 Å². The SMILES string of the molecule is CCCC(C(=O)N1CCC(N2CCCC2)C1)C(N)=S. The summed E-state index contributed by atoms with van der Waals surface area (Å²) in [6.07, 6.45) is 5.42. The first-order valence-corrected chi connectivity index (χ1v) is 7.86. The number of carbonyl (C=O) groups excluding carboxylic acids is 1. The molecular formula is C14H25N3OS. The molecule has 2 aliphatic rings. The molecule has 1 amide bonds. The molecule has 0 spiro atoms. The maximum atomic E-state index is 12.5. The fourth-order valence-electron chi connectivity index (χ4n) is 3.24. The van der Waals surface area contributed by atoms with E-state index >= 15 is 0 Å². The highest BCUT2D eigenvalue weighted by Crippen LogP contribution is 2.22. The quantitative estimate of drug-likeness (QED) is 0.775. The van der Waals surface area contributed by atoms with Gasteiger partial charge in [-0.3, -0.25) is 9.69 Å². The van der Waals surface area contributed by atoms with Crippen molar-refractivity contribution in [2.75, 3.05) is 26.2 Å². The molecule has 108 valence electrons. The normalized spacial score (nSPS) is 25.7. The summed E-state index contributed by atoms with van der Waals surface area (Å²) in [4.78, 5) is 17.3. The summed E-state index contributed by atoms with van der Waals surface area (Å²) in [6, 6.07) is 0.556. The van der Waals surface area contributed by atoms with E-state index in [4.69, 9.17) is 18.0 Å². The van der Waals surface area contributed by atoms with Crippen molar-refractivity contribution in [3.63, 3.8) is 0 Å². The van der Waals surface area contributed by atoms with Crippen LogP contribution >= 0.6 is 12.2 Å².